The van der Waals surface area contributed by atoms with E-state index in [0.717, 1.165) is 40.1 Å². The maximum Gasteiger partial charge on any atom is 0.0956 e. The van der Waals surface area contributed by atoms with E-state index in [1.165, 1.54) is 4.70 Å². The number of aromatic nitrogens is 3. The Bertz CT molecular complexity index is 894. The normalized spacial score (nSPS) is 11.1. The third kappa shape index (κ3) is 2.51. The molecule has 0 spiro atoms. The van der Waals surface area contributed by atoms with Gasteiger partial charge in [0.2, 0.25) is 0 Å². The van der Waals surface area contributed by atoms with Gasteiger partial charge in [0.05, 0.1) is 26.9 Å². The van der Waals surface area contributed by atoms with Crippen LogP contribution in [0.1, 0.15) is 5.01 Å². The molecule has 0 aliphatic carbocycles. The summed E-state index contributed by atoms with van der Waals surface area (Å²) >= 11 is 1.76. The maximum atomic E-state index is 4.66. The number of anilines is 1. The molecule has 4 aromatic rings. The minimum Gasteiger partial charge on any atom is -0.384 e. The highest BCUT2D eigenvalue weighted by molar-refractivity contribution is 7.18. The van der Waals surface area contributed by atoms with E-state index in [1.54, 1.807) is 23.7 Å². The molecule has 1 N–H and O–H groups in total. The van der Waals surface area contributed by atoms with Crippen LogP contribution >= 0.6 is 11.3 Å². The number of fused-ring (bicyclic) bond motifs is 2. The smallest absolute Gasteiger partial charge is 0.0956 e. The molecule has 3 aromatic heterocycles. The van der Waals surface area contributed by atoms with Crippen molar-refractivity contribution in [3.63, 3.8) is 0 Å². The molecule has 0 atom stereocenters. The van der Waals surface area contributed by atoms with E-state index in [2.05, 4.69) is 38.5 Å². The fourth-order valence-corrected chi connectivity index (χ4v) is 3.45. The van der Waals surface area contributed by atoms with E-state index >= 15 is 0 Å². The van der Waals surface area contributed by atoms with Crippen molar-refractivity contribution in [1.29, 1.82) is 0 Å². The van der Waals surface area contributed by atoms with E-state index in [9.17, 15) is 0 Å². The number of benzene rings is 1. The number of pyridine rings is 2. The van der Waals surface area contributed by atoms with Crippen molar-refractivity contribution in [2.45, 2.75) is 6.42 Å². The lowest BCUT2D eigenvalue weighted by atomic mass is 10.2. The molecule has 108 valence electrons. The second kappa shape index (κ2) is 5.69. The molecule has 0 radical (unpaired) electrons. The SMILES string of the molecule is c1ccc2sc(CCNc3ccnc4cnccc34)nc2c1. The van der Waals surface area contributed by atoms with Gasteiger partial charge in [-0.1, -0.05) is 12.1 Å². The zero-order valence-corrected chi connectivity index (χ0v) is 12.7. The van der Waals surface area contributed by atoms with Crippen molar-refractivity contribution < 1.29 is 0 Å². The Morgan fingerprint density at radius 3 is 2.91 bits per heavy atom. The first-order valence-electron chi connectivity index (χ1n) is 7.17. The predicted octanol–water partition coefficient (Wildman–Crippen LogP) is 3.89. The number of nitrogens with one attached hydrogen (secondary N) is 1. The van der Waals surface area contributed by atoms with Crippen LogP contribution in [0.4, 0.5) is 5.69 Å². The molecule has 0 bridgehead atoms. The molecule has 0 unspecified atom stereocenters. The summed E-state index contributed by atoms with van der Waals surface area (Å²) < 4.78 is 1.25. The van der Waals surface area contributed by atoms with E-state index in [0.29, 0.717) is 0 Å². The first-order valence-corrected chi connectivity index (χ1v) is 7.99. The molecule has 0 fully saturated rings. The molecule has 22 heavy (non-hydrogen) atoms. The van der Waals surface area contributed by atoms with Crippen LogP contribution in [0.5, 0.6) is 0 Å². The Balaban J connectivity index is 1.50. The monoisotopic (exact) mass is 306 g/mol. The fraction of sp³-hybridized carbons (Fsp3) is 0.118. The van der Waals surface area contributed by atoms with Crippen molar-refractivity contribution in [3.05, 3.63) is 60.0 Å². The third-order valence-corrected chi connectivity index (χ3v) is 4.63. The summed E-state index contributed by atoms with van der Waals surface area (Å²) in [7, 11) is 0. The quantitative estimate of drug-likeness (QED) is 0.621. The summed E-state index contributed by atoms with van der Waals surface area (Å²) in [5, 5.41) is 5.74. The Morgan fingerprint density at radius 2 is 1.95 bits per heavy atom. The minimum atomic E-state index is 0.848. The van der Waals surface area contributed by atoms with Crippen molar-refractivity contribution in [2.24, 2.45) is 0 Å². The van der Waals surface area contributed by atoms with Crippen molar-refractivity contribution >= 4 is 38.1 Å². The van der Waals surface area contributed by atoms with Gasteiger partial charge in [-0.15, -0.1) is 11.3 Å². The number of hydrogen-bond acceptors (Lipinski definition) is 5. The maximum absolute atomic E-state index is 4.66. The van der Waals surface area contributed by atoms with E-state index in [4.69, 9.17) is 0 Å². The summed E-state index contributed by atoms with van der Waals surface area (Å²) in [6.07, 6.45) is 6.30. The molecule has 0 saturated heterocycles. The third-order valence-electron chi connectivity index (χ3n) is 3.54. The highest BCUT2D eigenvalue weighted by Crippen LogP contribution is 2.23. The molecule has 0 amide bonds. The standard InChI is InChI=1S/C17H14N4S/c1-2-4-16-14(3-1)21-17(22-16)7-10-19-13-6-9-20-15-11-18-8-5-12(13)15/h1-6,8-9,11H,7,10H2,(H,19,20). The Kier molecular flexibility index (Phi) is 3.40. The Hall–Kier alpha value is -2.53. The average molecular weight is 306 g/mol. The second-order valence-corrected chi connectivity index (χ2v) is 6.12. The summed E-state index contributed by atoms with van der Waals surface area (Å²) in [4.78, 5) is 13.1. The number of nitrogens with zero attached hydrogens (tertiary/aromatic N) is 3. The molecule has 1 aromatic carbocycles. The average Bonchev–Trinajstić information content (AvgIpc) is 2.98. The lowest BCUT2D eigenvalue weighted by molar-refractivity contribution is 1.01. The second-order valence-electron chi connectivity index (χ2n) is 5.00. The largest absolute Gasteiger partial charge is 0.384 e. The van der Waals surface area contributed by atoms with Gasteiger partial charge >= 0.3 is 0 Å². The van der Waals surface area contributed by atoms with Gasteiger partial charge in [0.15, 0.2) is 0 Å². The van der Waals surface area contributed by atoms with Gasteiger partial charge in [0.25, 0.3) is 0 Å². The lowest BCUT2D eigenvalue weighted by Crippen LogP contribution is -2.05. The van der Waals surface area contributed by atoms with Crippen LogP contribution in [0.2, 0.25) is 0 Å². The zero-order chi connectivity index (χ0) is 14.8. The number of hydrogen-bond donors (Lipinski definition) is 1. The molecule has 5 heteroatoms. The van der Waals surface area contributed by atoms with Gasteiger partial charge in [-0.05, 0) is 24.3 Å². The summed E-state index contributed by atoms with van der Waals surface area (Å²) in [5.74, 6) is 0. The molecule has 0 saturated carbocycles. The van der Waals surface area contributed by atoms with Gasteiger partial charge < -0.3 is 5.32 Å². The van der Waals surface area contributed by atoms with Crippen LogP contribution in [0.25, 0.3) is 21.1 Å². The van der Waals surface area contributed by atoms with Crippen LogP contribution in [-0.4, -0.2) is 21.5 Å². The molecule has 3 heterocycles. The highest BCUT2D eigenvalue weighted by Gasteiger charge is 2.04. The predicted molar refractivity (Wildman–Crippen MR) is 91.4 cm³/mol. The highest BCUT2D eigenvalue weighted by atomic mass is 32.1. The Labute approximate surface area is 131 Å². The van der Waals surface area contributed by atoms with E-state index < -0.39 is 0 Å². The van der Waals surface area contributed by atoms with E-state index in [1.807, 2.05) is 24.4 Å². The van der Waals surface area contributed by atoms with Gasteiger partial charge in [-0.2, -0.15) is 0 Å². The van der Waals surface area contributed by atoms with Gasteiger partial charge in [-0.3, -0.25) is 9.97 Å². The fourth-order valence-electron chi connectivity index (χ4n) is 2.48. The summed E-state index contributed by atoms with van der Waals surface area (Å²) in [6, 6.07) is 12.3. The molecule has 4 nitrogen and oxygen atoms in total. The number of rotatable bonds is 4. The molecule has 0 aliphatic heterocycles. The van der Waals surface area contributed by atoms with Crippen molar-refractivity contribution in [3.8, 4) is 0 Å². The lowest BCUT2D eigenvalue weighted by Gasteiger charge is -2.07. The number of thiazole rings is 1. The molecule has 0 aliphatic rings. The number of para-hydroxylation sites is 1. The van der Waals surface area contributed by atoms with E-state index in [-0.39, 0.29) is 0 Å². The minimum absolute atomic E-state index is 0.848. The summed E-state index contributed by atoms with van der Waals surface area (Å²) in [6.45, 7) is 0.848. The molecule has 4 rings (SSSR count). The van der Waals surface area contributed by atoms with Gasteiger partial charge in [0.1, 0.15) is 0 Å². The van der Waals surface area contributed by atoms with Crippen LogP contribution < -0.4 is 5.32 Å². The molecular formula is C17H14N4S. The van der Waals surface area contributed by atoms with Gasteiger partial charge in [-0.25, -0.2) is 4.98 Å². The first kappa shape index (κ1) is 13.2. The van der Waals surface area contributed by atoms with Crippen LogP contribution in [0.3, 0.4) is 0 Å². The Morgan fingerprint density at radius 1 is 1.00 bits per heavy atom. The van der Waals surface area contributed by atoms with Crippen molar-refractivity contribution in [1.82, 2.24) is 15.0 Å². The van der Waals surface area contributed by atoms with Crippen LogP contribution in [0, 0.1) is 0 Å². The summed E-state index contributed by atoms with van der Waals surface area (Å²) in [5.41, 5.74) is 3.09. The molecular weight excluding hydrogens is 292 g/mol. The zero-order valence-electron chi connectivity index (χ0n) is 11.9. The topological polar surface area (TPSA) is 50.7 Å². The first-order chi connectivity index (χ1) is 10.9. The van der Waals surface area contributed by atoms with Crippen LogP contribution in [0.15, 0.2) is 55.0 Å². The van der Waals surface area contributed by atoms with Crippen LogP contribution in [-0.2, 0) is 6.42 Å². The van der Waals surface area contributed by atoms with Crippen molar-refractivity contribution in [2.75, 3.05) is 11.9 Å². The van der Waals surface area contributed by atoms with Gasteiger partial charge in [0, 0.05) is 36.4 Å².